The Bertz CT molecular complexity index is 479. The van der Waals surface area contributed by atoms with Gasteiger partial charge in [-0.25, -0.2) is 4.79 Å². The lowest BCUT2D eigenvalue weighted by atomic mass is 9.97. The van der Waals surface area contributed by atoms with Gasteiger partial charge in [-0.1, -0.05) is 13.3 Å². The van der Waals surface area contributed by atoms with E-state index in [-0.39, 0.29) is 11.5 Å². The van der Waals surface area contributed by atoms with Crippen LogP contribution in [0.5, 0.6) is 0 Å². The van der Waals surface area contributed by atoms with Crippen molar-refractivity contribution in [3.05, 3.63) is 35.4 Å². The Morgan fingerprint density at radius 1 is 1.20 bits per heavy atom. The number of rotatable bonds is 4. The van der Waals surface area contributed by atoms with Gasteiger partial charge in [0, 0.05) is 18.2 Å². The maximum absolute atomic E-state index is 12.5. The summed E-state index contributed by atoms with van der Waals surface area (Å²) in [5.74, 6) is -0.939. The predicted octanol–water partition coefficient (Wildman–Crippen LogP) is 3.18. The van der Waals surface area contributed by atoms with Gasteiger partial charge in [-0.15, -0.1) is 0 Å². The SMILES string of the molecule is CCCC1CCCCN1C(=O)c1ccc(C(=O)O)cc1. The van der Waals surface area contributed by atoms with Crippen LogP contribution in [0.1, 0.15) is 59.7 Å². The van der Waals surface area contributed by atoms with Crippen LogP contribution in [0.2, 0.25) is 0 Å². The van der Waals surface area contributed by atoms with E-state index in [0.717, 1.165) is 32.2 Å². The van der Waals surface area contributed by atoms with Gasteiger partial charge < -0.3 is 10.0 Å². The summed E-state index contributed by atoms with van der Waals surface area (Å²) in [4.78, 5) is 25.3. The summed E-state index contributed by atoms with van der Waals surface area (Å²) in [6, 6.07) is 6.55. The molecule has 0 aromatic heterocycles. The van der Waals surface area contributed by atoms with Crippen molar-refractivity contribution in [3.8, 4) is 0 Å². The summed E-state index contributed by atoms with van der Waals surface area (Å²) in [7, 11) is 0. The van der Waals surface area contributed by atoms with Gasteiger partial charge in [-0.2, -0.15) is 0 Å². The normalized spacial score (nSPS) is 18.9. The summed E-state index contributed by atoms with van der Waals surface area (Å²) in [6.45, 7) is 2.95. The number of carbonyl (C=O) groups excluding carboxylic acids is 1. The third kappa shape index (κ3) is 3.18. The minimum Gasteiger partial charge on any atom is -0.478 e. The van der Waals surface area contributed by atoms with E-state index in [9.17, 15) is 9.59 Å². The lowest BCUT2D eigenvalue weighted by Crippen LogP contribution is -2.43. The highest BCUT2D eigenvalue weighted by Gasteiger charge is 2.26. The van der Waals surface area contributed by atoms with Crippen molar-refractivity contribution in [2.45, 2.75) is 45.1 Å². The molecular weight excluding hydrogens is 254 g/mol. The molecule has 4 nitrogen and oxygen atoms in total. The number of carboxylic acids is 1. The number of amides is 1. The zero-order valence-electron chi connectivity index (χ0n) is 11.8. The molecule has 2 rings (SSSR count). The molecule has 1 atom stereocenters. The summed E-state index contributed by atoms with van der Waals surface area (Å²) in [6.07, 6.45) is 5.43. The molecule has 0 bridgehead atoms. The molecule has 1 unspecified atom stereocenters. The Morgan fingerprint density at radius 3 is 2.45 bits per heavy atom. The first-order valence-corrected chi connectivity index (χ1v) is 7.27. The molecule has 1 fully saturated rings. The fourth-order valence-electron chi connectivity index (χ4n) is 2.82. The van der Waals surface area contributed by atoms with E-state index in [1.807, 2.05) is 4.90 Å². The molecule has 1 heterocycles. The van der Waals surface area contributed by atoms with Crippen LogP contribution in [0.4, 0.5) is 0 Å². The molecule has 108 valence electrons. The molecule has 1 aromatic carbocycles. The standard InChI is InChI=1S/C16H21NO3/c1-2-5-14-6-3-4-11-17(14)15(18)12-7-9-13(10-8-12)16(19)20/h7-10,14H,2-6,11H2,1H3,(H,19,20). The topological polar surface area (TPSA) is 57.6 Å². The zero-order valence-corrected chi connectivity index (χ0v) is 11.8. The van der Waals surface area contributed by atoms with Gasteiger partial charge in [0.25, 0.3) is 5.91 Å². The third-order valence-electron chi connectivity index (χ3n) is 3.89. The maximum Gasteiger partial charge on any atom is 0.335 e. The Morgan fingerprint density at radius 2 is 1.85 bits per heavy atom. The summed E-state index contributed by atoms with van der Waals surface area (Å²) in [5, 5.41) is 8.88. The predicted molar refractivity (Wildman–Crippen MR) is 77.0 cm³/mol. The molecule has 1 N–H and O–H groups in total. The highest BCUT2D eigenvalue weighted by molar-refractivity contribution is 5.96. The summed E-state index contributed by atoms with van der Waals surface area (Å²) in [5.41, 5.74) is 0.795. The lowest BCUT2D eigenvalue weighted by molar-refractivity contribution is 0.0599. The first-order chi connectivity index (χ1) is 9.63. The van der Waals surface area contributed by atoms with Crippen LogP contribution >= 0.6 is 0 Å². The number of hydrogen-bond acceptors (Lipinski definition) is 2. The fourth-order valence-corrected chi connectivity index (χ4v) is 2.82. The third-order valence-corrected chi connectivity index (χ3v) is 3.89. The van der Waals surface area contributed by atoms with Crippen LogP contribution in [0, 0.1) is 0 Å². The minimum atomic E-state index is -0.967. The molecule has 0 aliphatic carbocycles. The Kier molecular flexibility index (Phi) is 4.77. The van der Waals surface area contributed by atoms with Gasteiger partial charge in [0.1, 0.15) is 0 Å². The molecule has 1 aliphatic rings. The van der Waals surface area contributed by atoms with Crippen molar-refractivity contribution >= 4 is 11.9 Å². The molecule has 0 spiro atoms. The second kappa shape index (κ2) is 6.55. The molecule has 1 aromatic rings. The Balaban J connectivity index is 2.14. The number of aromatic carboxylic acids is 1. The second-order valence-corrected chi connectivity index (χ2v) is 5.32. The van der Waals surface area contributed by atoms with Crippen molar-refractivity contribution in [1.82, 2.24) is 4.90 Å². The summed E-state index contributed by atoms with van der Waals surface area (Å²) >= 11 is 0. The van der Waals surface area contributed by atoms with Crippen LogP contribution in [0.3, 0.4) is 0 Å². The zero-order chi connectivity index (χ0) is 14.5. The highest BCUT2D eigenvalue weighted by Crippen LogP contribution is 2.23. The van der Waals surface area contributed by atoms with Crippen LogP contribution in [0.25, 0.3) is 0 Å². The molecule has 1 aliphatic heterocycles. The van der Waals surface area contributed by atoms with Crippen molar-refractivity contribution in [2.75, 3.05) is 6.54 Å². The van der Waals surface area contributed by atoms with Crippen molar-refractivity contribution < 1.29 is 14.7 Å². The maximum atomic E-state index is 12.5. The number of piperidine rings is 1. The number of carboxylic acid groups (broad SMARTS) is 1. The van der Waals surface area contributed by atoms with Gasteiger partial charge in [-0.3, -0.25) is 4.79 Å². The van der Waals surface area contributed by atoms with Crippen LogP contribution in [-0.2, 0) is 0 Å². The largest absolute Gasteiger partial charge is 0.478 e. The lowest BCUT2D eigenvalue weighted by Gasteiger charge is -2.36. The minimum absolute atomic E-state index is 0.0279. The number of benzene rings is 1. The Labute approximate surface area is 119 Å². The summed E-state index contributed by atoms with van der Waals surface area (Å²) < 4.78 is 0. The molecule has 1 saturated heterocycles. The van der Waals surface area contributed by atoms with E-state index in [2.05, 4.69) is 6.92 Å². The molecule has 1 amide bonds. The smallest absolute Gasteiger partial charge is 0.335 e. The van der Waals surface area contributed by atoms with Gasteiger partial charge >= 0.3 is 5.97 Å². The fraction of sp³-hybridized carbons (Fsp3) is 0.500. The molecule has 0 saturated carbocycles. The number of hydrogen-bond donors (Lipinski definition) is 1. The number of nitrogens with zero attached hydrogens (tertiary/aromatic N) is 1. The average molecular weight is 275 g/mol. The number of carbonyl (C=O) groups is 2. The number of likely N-dealkylation sites (tertiary alicyclic amines) is 1. The van der Waals surface area contributed by atoms with E-state index in [1.54, 1.807) is 12.1 Å². The second-order valence-electron chi connectivity index (χ2n) is 5.32. The Hall–Kier alpha value is -1.84. The van der Waals surface area contributed by atoms with Crippen molar-refractivity contribution in [2.24, 2.45) is 0 Å². The molecule has 20 heavy (non-hydrogen) atoms. The van der Waals surface area contributed by atoms with E-state index in [1.165, 1.54) is 18.6 Å². The van der Waals surface area contributed by atoms with Crippen LogP contribution in [0.15, 0.2) is 24.3 Å². The van der Waals surface area contributed by atoms with Crippen LogP contribution < -0.4 is 0 Å². The van der Waals surface area contributed by atoms with E-state index >= 15 is 0 Å². The molecule has 4 heteroatoms. The van der Waals surface area contributed by atoms with Crippen LogP contribution in [-0.4, -0.2) is 34.5 Å². The van der Waals surface area contributed by atoms with Crippen molar-refractivity contribution in [1.29, 1.82) is 0 Å². The first-order valence-electron chi connectivity index (χ1n) is 7.27. The van der Waals surface area contributed by atoms with Gasteiger partial charge in [0.2, 0.25) is 0 Å². The average Bonchev–Trinajstić information content (AvgIpc) is 2.47. The first kappa shape index (κ1) is 14.6. The molecule has 0 radical (unpaired) electrons. The molecular formula is C16H21NO3. The van der Waals surface area contributed by atoms with E-state index in [0.29, 0.717) is 11.6 Å². The van der Waals surface area contributed by atoms with E-state index in [4.69, 9.17) is 5.11 Å². The monoisotopic (exact) mass is 275 g/mol. The quantitative estimate of drug-likeness (QED) is 0.918. The van der Waals surface area contributed by atoms with E-state index < -0.39 is 5.97 Å². The van der Waals surface area contributed by atoms with Gasteiger partial charge in [-0.05, 0) is 49.9 Å². The van der Waals surface area contributed by atoms with Gasteiger partial charge in [0.15, 0.2) is 0 Å². The van der Waals surface area contributed by atoms with Crippen molar-refractivity contribution in [3.63, 3.8) is 0 Å². The highest BCUT2D eigenvalue weighted by atomic mass is 16.4. The van der Waals surface area contributed by atoms with Gasteiger partial charge in [0.05, 0.1) is 5.56 Å².